The Kier molecular flexibility index (Phi) is 7.70. The van der Waals surface area contributed by atoms with E-state index in [2.05, 4.69) is 20.7 Å². The second kappa shape index (κ2) is 8.51. The van der Waals surface area contributed by atoms with Gasteiger partial charge in [0, 0.05) is 20.0 Å². The Morgan fingerprint density at radius 1 is 1.29 bits per heavy atom. The fourth-order valence-electron chi connectivity index (χ4n) is 1.17. The summed E-state index contributed by atoms with van der Waals surface area (Å²) >= 11 is 0. The quantitative estimate of drug-likeness (QED) is 0.469. The minimum Gasteiger partial charge on any atom is -0.467 e. The molecule has 0 aromatic heterocycles. The fourth-order valence-corrected chi connectivity index (χ4v) is 1.17. The molecule has 0 spiro atoms. The molecule has 0 saturated heterocycles. The van der Waals surface area contributed by atoms with Crippen molar-refractivity contribution in [3.05, 3.63) is 0 Å². The van der Waals surface area contributed by atoms with Crippen molar-refractivity contribution in [3.8, 4) is 0 Å². The molecule has 0 aliphatic carbocycles. The zero-order valence-corrected chi connectivity index (χ0v) is 10.3. The lowest BCUT2D eigenvalue weighted by Gasteiger charge is -2.15. The van der Waals surface area contributed by atoms with Crippen LogP contribution in [0.3, 0.4) is 0 Å². The number of ether oxygens (including phenoxy) is 1. The lowest BCUT2D eigenvalue weighted by atomic mass is 10.3. The van der Waals surface area contributed by atoms with Gasteiger partial charge in [-0.25, -0.2) is 4.79 Å². The van der Waals surface area contributed by atoms with Crippen molar-refractivity contribution in [1.29, 1.82) is 0 Å². The van der Waals surface area contributed by atoms with Crippen LogP contribution in [0.5, 0.6) is 0 Å². The number of hydrogen-bond donors (Lipinski definition) is 3. The van der Waals surface area contributed by atoms with Crippen LogP contribution in [-0.4, -0.2) is 50.6 Å². The van der Waals surface area contributed by atoms with Crippen LogP contribution in [0.2, 0.25) is 0 Å². The highest BCUT2D eigenvalue weighted by atomic mass is 16.5. The summed E-state index contributed by atoms with van der Waals surface area (Å²) in [5.41, 5.74) is 0. The summed E-state index contributed by atoms with van der Waals surface area (Å²) in [5, 5.41) is 7.79. The van der Waals surface area contributed by atoms with Gasteiger partial charge < -0.3 is 20.7 Å². The molecular weight excluding hydrogens is 226 g/mol. The Bertz CT molecular complexity index is 281. The number of carbonyl (C=O) groups is 3. The van der Waals surface area contributed by atoms with Gasteiger partial charge in [-0.3, -0.25) is 9.59 Å². The van der Waals surface area contributed by atoms with Crippen LogP contribution >= 0.6 is 0 Å². The van der Waals surface area contributed by atoms with Gasteiger partial charge in [-0.05, 0) is 6.92 Å². The van der Waals surface area contributed by atoms with E-state index >= 15 is 0 Å². The van der Waals surface area contributed by atoms with E-state index in [9.17, 15) is 14.4 Å². The van der Waals surface area contributed by atoms with Crippen LogP contribution in [0.4, 0.5) is 0 Å². The molecule has 1 unspecified atom stereocenters. The number of nitrogens with one attached hydrogen (secondary N) is 3. The van der Waals surface area contributed by atoms with Gasteiger partial charge in [0.05, 0.1) is 13.7 Å². The number of likely N-dealkylation sites (N-methyl/N-ethyl adjacent to an activating group) is 1. The predicted octanol–water partition coefficient (Wildman–Crippen LogP) is -1.61. The molecule has 98 valence electrons. The fraction of sp³-hybridized carbons (Fsp3) is 0.700. The highest BCUT2D eigenvalue weighted by molar-refractivity contribution is 5.83. The zero-order valence-electron chi connectivity index (χ0n) is 10.3. The minimum absolute atomic E-state index is 0.0842. The van der Waals surface area contributed by atoms with Crippen LogP contribution < -0.4 is 16.0 Å². The Hall–Kier alpha value is -1.63. The summed E-state index contributed by atoms with van der Waals surface area (Å²) in [7, 11) is 1.24. The third-order valence-corrected chi connectivity index (χ3v) is 1.87. The van der Waals surface area contributed by atoms with Crippen molar-refractivity contribution in [3.63, 3.8) is 0 Å². The van der Waals surface area contributed by atoms with Gasteiger partial charge in [0.1, 0.15) is 6.04 Å². The van der Waals surface area contributed by atoms with Gasteiger partial charge in [-0.1, -0.05) is 0 Å². The van der Waals surface area contributed by atoms with E-state index < -0.39 is 12.0 Å². The lowest BCUT2D eigenvalue weighted by molar-refractivity contribution is -0.144. The van der Waals surface area contributed by atoms with Crippen LogP contribution in [-0.2, 0) is 19.1 Å². The first-order valence-electron chi connectivity index (χ1n) is 5.33. The number of methoxy groups -OCH3 is 1. The number of carbonyl (C=O) groups excluding carboxylic acids is 3. The molecule has 0 heterocycles. The van der Waals surface area contributed by atoms with Crippen LogP contribution in [0.1, 0.15) is 13.8 Å². The Morgan fingerprint density at radius 2 is 1.94 bits per heavy atom. The maximum absolute atomic E-state index is 11.3. The van der Waals surface area contributed by atoms with Gasteiger partial charge in [0.15, 0.2) is 0 Å². The number of hydrogen-bond acceptors (Lipinski definition) is 5. The van der Waals surface area contributed by atoms with Crippen molar-refractivity contribution < 1.29 is 19.1 Å². The smallest absolute Gasteiger partial charge is 0.329 e. The van der Waals surface area contributed by atoms with Crippen molar-refractivity contribution in [2.24, 2.45) is 0 Å². The van der Waals surface area contributed by atoms with E-state index in [4.69, 9.17) is 0 Å². The van der Waals surface area contributed by atoms with Gasteiger partial charge in [0.25, 0.3) is 0 Å². The molecule has 0 aromatic carbocycles. The van der Waals surface area contributed by atoms with E-state index in [1.165, 1.54) is 14.0 Å². The van der Waals surface area contributed by atoms with Crippen LogP contribution in [0, 0.1) is 0 Å². The maximum atomic E-state index is 11.3. The number of esters is 1. The normalized spacial score (nSPS) is 11.5. The van der Waals surface area contributed by atoms with Crippen molar-refractivity contribution in [1.82, 2.24) is 16.0 Å². The number of amides is 2. The summed E-state index contributed by atoms with van der Waals surface area (Å²) in [6, 6.07) is -0.785. The molecule has 0 aliphatic rings. The monoisotopic (exact) mass is 245 g/mol. The second-order valence-corrected chi connectivity index (χ2v) is 3.36. The average molecular weight is 245 g/mol. The Labute approximate surface area is 100 Å². The first kappa shape index (κ1) is 15.4. The molecule has 0 aromatic rings. The highest BCUT2D eigenvalue weighted by Crippen LogP contribution is 1.86. The molecular formula is C10H19N3O4. The molecule has 0 rings (SSSR count). The molecule has 0 aliphatic heterocycles. The molecule has 7 heteroatoms. The van der Waals surface area contributed by atoms with Gasteiger partial charge in [-0.15, -0.1) is 0 Å². The predicted molar refractivity (Wildman–Crippen MR) is 61.2 cm³/mol. The van der Waals surface area contributed by atoms with Crippen molar-refractivity contribution >= 4 is 17.8 Å². The highest BCUT2D eigenvalue weighted by Gasteiger charge is 2.19. The summed E-state index contributed by atoms with van der Waals surface area (Å²) in [6.45, 7) is 3.89. The largest absolute Gasteiger partial charge is 0.467 e. The third-order valence-electron chi connectivity index (χ3n) is 1.87. The molecule has 3 N–H and O–H groups in total. The summed E-state index contributed by atoms with van der Waals surface area (Å²) < 4.78 is 4.52. The topological polar surface area (TPSA) is 96.5 Å². The van der Waals surface area contributed by atoms with E-state index in [1.54, 1.807) is 0 Å². The van der Waals surface area contributed by atoms with E-state index in [1.807, 2.05) is 6.92 Å². The standard InChI is InChI=1S/C10H19N3O4/c1-4-12-9(15)6-11-5-8(10(16)17-3)13-7(2)14/h8,11H,4-6H2,1-3H3,(H,12,15)(H,13,14). The molecule has 1 atom stereocenters. The minimum atomic E-state index is -0.785. The van der Waals surface area contributed by atoms with Crippen molar-refractivity contribution in [2.75, 3.05) is 26.7 Å². The molecule has 7 nitrogen and oxygen atoms in total. The van der Waals surface area contributed by atoms with Gasteiger partial charge in [0.2, 0.25) is 11.8 Å². The van der Waals surface area contributed by atoms with Gasteiger partial charge >= 0.3 is 5.97 Å². The first-order chi connectivity index (χ1) is 8.01. The van der Waals surface area contributed by atoms with E-state index in [0.717, 1.165) is 0 Å². The molecule has 0 fully saturated rings. The lowest BCUT2D eigenvalue weighted by Crippen LogP contribution is -2.48. The third kappa shape index (κ3) is 7.29. The maximum Gasteiger partial charge on any atom is 0.329 e. The molecule has 17 heavy (non-hydrogen) atoms. The molecule has 0 saturated carbocycles. The Balaban J connectivity index is 4.03. The zero-order chi connectivity index (χ0) is 13.3. The first-order valence-corrected chi connectivity index (χ1v) is 5.33. The SMILES string of the molecule is CCNC(=O)CNCC(NC(C)=O)C(=O)OC. The van der Waals surface area contributed by atoms with E-state index in [0.29, 0.717) is 6.54 Å². The number of rotatable bonds is 7. The molecule has 2 amide bonds. The average Bonchev–Trinajstić information content (AvgIpc) is 2.26. The van der Waals surface area contributed by atoms with Crippen LogP contribution in [0.25, 0.3) is 0 Å². The van der Waals surface area contributed by atoms with Crippen molar-refractivity contribution in [2.45, 2.75) is 19.9 Å². The Morgan fingerprint density at radius 3 is 2.41 bits per heavy atom. The van der Waals surface area contributed by atoms with Crippen LogP contribution in [0.15, 0.2) is 0 Å². The second-order valence-electron chi connectivity index (χ2n) is 3.36. The summed E-state index contributed by atoms with van der Waals surface area (Å²) in [6.07, 6.45) is 0. The summed E-state index contributed by atoms with van der Waals surface area (Å²) in [5.74, 6) is -1.05. The van der Waals surface area contributed by atoms with E-state index in [-0.39, 0.29) is 24.9 Å². The summed E-state index contributed by atoms with van der Waals surface area (Å²) in [4.78, 5) is 33.2. The molecule has 0 radical (unpaired) electrons. The van der Waals surface area contributed by atoms with Gasteiger partial charge in [-0.2, -0.15) is 0 Å². The molecule has 0 bridgehead atoms.